The van der Waals surface area contributed by atoms with Crippen molar-refractivity contribution in [3.63, 3.8) is 0 Å². The summed E-state index contributed by atoms with van der Waals surface area (Å²) in [4.78, 5) is 78.9. The topological polar surface area (TPSA) is 193 Å². The number of fused-ring (bicyclic) bond motifs is 2. The van der Waals surface area contributed by atoms with Gasteiger partial charge in [0.15, 0.2) is 39.5 Å². The van der Waals surface area contributed by atoms with Crippen molar-refractivity contribution >= 4 is 67.8 Å². The first-order valence-electron chi connectivity index (χ1n) is 22.4. The summed E-state index contributed by atoms with van der Waals surface area (Å²) in [6, 6.07) is 11.6. The Morgan fingerprint density at radius 3 is 1.55 bits per heavy atom. The van der Waals surface area contributed by atoms with Gasteiger partial charge in [-0.15, -0.1) is 21.2 Å². The summed E-state index contributed by atoms with van der Waals surface area (Å²) in [6.45, 7) is 24.1. The maximum absolute atomic E-state index is 13.4. The van der Waals surface area contributed by atoms with E-state index in [1.54, 1.807) is 60.6 Å². The number of benzene rings is 2. The fourth-order valence-electron chi connectivity index (χ4n) is 7.90. The molecular formula is C48H55F2N13O4S2. The number of halogens is 2. The van der Waals surface area contributed by atoms with E-state index in [0.717, 1.165) is 12.0 Å². The van der Waals surface area contributed by atoms with E-state index in [0.29, 0.717) is 91.9 Å². The highest BCUT2D eigenvalue weighted by molar-refractivity contribution is 7.19. The van der Waals surface area contributed by atoms with Crippen molar-refractivity contribution in [3.8, 4) is 43.9 Å². The van der Waals surface area contributed by atoms with Gasteiger partial charge in [-0.2, -0.15) is 0 Å². The number of hydrogen-bond donors (Lipinski definition) is 1. The fourth-order valence-corrected chi connectivity index (χ4v) is 9.51. The van der Waals surface area contributed by atoms with E-state index in [-0.39, 0.29) is 52.7 Å². The molecule has 362 valence electrons. The summed E-state index contributed by atoms with van der Waals surface area (Å²) in [5.74, 6) is 2.25. The van der Waals surface area contributed by atoms with Crippen LogP contribution in [0.2, 0.25) is 0 Å². The molecule has 8 rings (SSSR count). The van der Waals surface area contributed by atoms with Crippen LogP contribution in [0.25, 0.3) is 48.8 Å². The van der Waals surface area contributed by atoms with Crippen LogP contribution in [0.5, 0.6) is 0 Å². The number of carbonyl (C=O) groups is 2. The van der Waals surface area contributed by atoms with Gasteiger partial charge in [0.1, 0.15) is 51.5 Å². The molecule has 2 aromatic carbocycles. The minimum absolute atomic E-state index is 0.0140. The van der Waals surface area contributed by atoms with E-state index >= 15 is 0 Å². The van der Waals surface area contributed by atoms with Gasteiger partial charge in [0.2, 0.25) is 11.8 Å². The van der Waals surface area contributed by atoms with Gasteiger partial charge in [-0.3, -0.25) is 9.59 Å². The molecule has 0 bridgehead atoms. The lowest BCUT2D eigenvalue weighted by Crippen LogP contribution is -2.54. The Labute approximate surface area is 408 Å². The number of nitrogens with zero attached hydrogens (tertiary/aromatic N) is 12. The number of carbonyl (C=O) groups excluding carboxylic acids is 2. The van der Waals surface area contributed by atoms with Crippen LogP contribution in [-0.4, -0.2) is 86.6 Å². The Morgan fingerprint density at radius 1 is 0.725 bits per heavy atom. The van der Waals surface area contributed by atoms with Crippen molar-refractivity contribution in [2.45, 2.75) is 98.8 Å². The number of anilines is 5. The highest BCUT2D eigenvalue weighted by atomic mass is 32.1. The zero-order chi connectivity index (χ0) is 50.3. The van der Waals surface area contributed by atoms with Gasteiger partial charge in [-0.1, -0.05) is 45.6 Å². The zero-order valence-electron chi connectivity index (χ0n) is 40.1. The smallest absolute Gasteiger partial charge is 0.330 e. The molecule has 0 saturated carbocycles. The highest BCUT2D eigenvalue weighted by Gasteiger charge is 2.40. The molecule has 21 heteroatoms. The molecule has 6 heterocycles. The molecule has 2 aliphatic rings. The van der Waals surface area contributed by atoms with Crippen molar-refractivity contribution in [1.82, 2.24) is 29.9 Å². The molecular weight excluding hydrogens is 925 g/mol. The van der Waals surface area contributed by atoms with Gasteiger partial charge >= 0.3 is 5.13 Å². The second-order valence-corrected chi connectivity index (χ2v) is 19.1. The number of nitrogen functional groups attached to an aromatic ring is 1. The molecule has 0 fully saturated rings. The van der Waals surface area contributed by atoms with Crippen LogP contribution in [0.1, 0.15) is 74.7 Å². The van der Waals surface area contributed by atoms with Crippen LogP contribution in [0.4, 0.5) is 42.1 Å². The Balaban J connectivity index is 0.000000196. The predicted molar refractivity (Wildman–Crippen MR) is 269 cm³/mol. The number of thiazole rings is 2. The number of hydrogen-bond acceptors (Lipinski definition) is 16. The van der Waals surface area contributed by atoms with Crippen molar-refractivity contribution in [1.29, 1.82) is 0 Å². The molecule has 0 spiro atoms. The quantitative estimate of drug-likeness (QED) is 0.0527. The largest absolute Gasteiger partial charge is 0.375 e. The summed E-state index contributed by atoms with van der Waals surface area (Å²) in [5.41, 5.74) is 9.88. The first-order chi connectivity index (χ1) is 32.9. The SMILES string of the molecule is CC(C)CCON=O.CC[C@@H]1C(=O)N(C)c2cnc(-c3sc(N)nc3-c3ccc(F)cc3)nc2N1C(C)C.[C-]#[N+]c1nc(-c2ccc(F)cc2)c(-c2ncc3c(n2)N(C(C)C)[C@H](CC)C(=O)N3C)s1. The van der Waals surface area contributed by atoms with E-state index in [1.807, 2.05) is 51.3 Å². The molecule has 17 nitrogen and oxygen atoms in total. The molecule has 0 saturated heterocycles. The molecule has 2 N–H and O–H groups in total. The van der Waals surface area contributed by atoms with Crippen molar-refractivity contribution < 1.29 is 23.2 Å². The van der Waals surface area contributed by atoms with Gasteiger partial charge in [0.25, 0.3) is 0 Å². The molecule has 2 aliphatic heterocycles. The summed E-state index contributed by atoms with van der Waals surface area (Å²) in [7, 11) is 3.48. The highest BCUT2D eigenvalue weighted by Crippen LogP contribution is 2.43. The van der Waals surface area contributed by atoms with Crippen LogP contribution >= 0.6 is 22.7 Å². The van der Waals surface area contributed by atoms with Crippen molar-refractivity contribution in [3.05, 3.63) is 88.9 Å². The number of aromatic nitrogens is 6. The lowest BCUT2D eigenvalue weighted by atomic mass is 10.1. The van der Waals surface area contributed by atoms with Gasteiger partial charge in [0, 0.05) is 37.3 Å². The average molecular weight is 980 g/mol. The molecule has 6 aromatic rings. The van der Waals surface area contributed by atoms with Crippen LogP contribution in [0, 0.1) is 29.0 Å². The van der Waals surface area contributed by atoms with Gasteiger partial charge < -0.3 is 35.0 Å². The Hall–Kier alpha value is -7.05. The van der Waals surface area contributed by atoms with Gasteiger partial charge in [0.05, 0.1) is 18.1 Å². The molecule has 0 unspecified atom stereocenters. The van der Waals surface area contributed by atoms with Crippen molar-refractivity contribution in [2.75, 3.05) is 46.0 Å². The van der Waals surface area contributed by atoms with E-state index in [9.17, 15) is 23.3 Å². The summed E-state index contributed by atoms with van der Waals surface area (Å²) in [5, 5.41) is 2.90. The first-order valence-corrected chi connectivity index (χ1v) is 24.0. The second-order valence-electron chi connectivity index (χ2n) is 17.1. The molecule has 0 radical (unpaired) electrons. The van der Waals surface area contributed by atoms with Crippen LogP contribution in [0.3, 0.4) is 0 Å². The predicted octanol–water partition coefficient (Wildman–Crippen LogP) is 10.6. The van der Waals surface area contributed by atoms with Crippen LogP contribution < -0.4 is 25.3 Å². The second kappa shape index (κ2) is 22.4. The Morgan fingerprint density at radius 2 is 1.16 bits per heavy atom. The minimum Gasteiger partial charge on any atom is -0.375 e. The monoisotopic (exact) mass is 979 g/mol. The standard InChI is InChI=1S/C22H21FN6OS.C21H23FN6OS.C5H11NO2/c1-6-15-21(30)28(5)16-11-25-19(27-20(16)29(15)12(2)3)18-17(26-22(24-4)31-18)13-7-9-14(23)10-8-13;1-5-14-20(29)27(4)15-10-24-18(26-19(15)28(14)11(2)3)17-16(25-21(23)30-17)12-6-8-13(22)9-7-12;1-5(2)3-4-8-6-7/h7-12,15H,6H2,1-3,5H3;6-11,14H,5H2,1-4H3,(H2,23,25);5H,3-4H2,1-2H3/t15-;14-;/m11./s1. The third kappa shape index (κ3) is 11.1. The van der Waals surface area contributed by atoms with E-state index in [4.69, 9.17) is 22.3 Å². The third-order valence-electron chi connectivity index (χ3n) is 11.3. The molecule has 4 aromatic heterocycles. The average Bonchev–Trinajstić information content (AvgIpc) is 3.95. The van der Waals surface area contributed by atoms with E-state index in [2.05, 4.69) is 48.8 Å². The summed E-state index contributed by atoms with van der Waals surface area (Å²) in [6.07, 6.45) is 5.53. The van der Waals surface area contributed by atoms with E-state index < -0.39 is 0 Å². The lowest BCUT2D eigenvalue weighted by Gasteiger charge is -2.42. The van der Waals surface area contributed by atoms with Crippen molar-refractivity contribution in [2.24, 2.45) is 11.3 Å². The fraction of sp³-hybridized carbons (Fsp3) is 0.396. The summed E-state index contributed by atoms with van der Waals surface area (Å²) < 4.78 is 26.8. The number of rotatable bonds is 12. The molecule has 69 heavy (non-hydrogen) atoms. The normalized spacial score (nSPS) is 15.3. The first kappa shape index (κ1) is 51.3. The molecule has 2 atom stereocenters. The van der Waals surface area contributed by atoms with Gasteiger partial charge in [-0.25, -0.2) is 33.7 Å². The Bertz CT molecular complexity index is 2810. The maximum atomic E-state index is 13.4. The minimum atomic E-state index is -0.346. The Kier molecular flexibility index (Phi) is 16.6. The zero-order valence-corrected chi connectivity index (χ0v) is 41.8. The molecule has 2 amide bonds. The maximum Gasteiger partial charge on any atom is 0.330 e. The van der Waals surface area contributed by atoms with E-state index in [1.165, 1.54) is 46.9 Å². The van der Waals surface area contributed by atoms with Crippen LogP contribution in [-0.2, 0) is 14.4 Å². The number of nitrogens with two attached hydrogens (primary N) is 1. The number of amides is 2. The number of likely N-dealkylation sites (N-methyl/N-ethyl adjacent to an activating group) is 2. The molecule has 0 aliphatic carbocycles. The third-order valence-corrected chi connectivity index (χ3v) is 13.2. The van der Waals surface area contributed by atoms with Gasteiger partial charge in [-0.05, 0) is 101 Å². The lowest BCUT2D eigenvalue weighted by molar-refractivity contribution is -0.120. The summed E-state index contributed by atoms with van der Waals surface area (Å²) >= 11 is 2.48. The van der Waals surface area contributed by atoms with Crippen LogP contribution in [0.15, 0.2) is 66.3 Å².